The van der Waals surface area contributed by atoms with Crippen LogP contribution in [0.15, 0.2) is 18.2 Å². The second-order valence-corrected chi connectivity index (χ2v) is 5.29. The van der Waals surface area contributed by atoms with Gasteiger partial charge >= 0.3 is 0 Å². The second-order valence-electron chi connectivity index (χ2n) is 5.29. The average molecular weight is 267 g/mol. The van der Waals surface area contributed by atoms with Gasteiger partial charge in [0.1, 0.15) is 5.82 Å². The predicted molar refractivity (Wildman–Crippen MR) is 80.1 cm³/mol. The number of halogens is 1. The summed E-state index contributed by atoms with van der Waals surface area (Å²) in [5, 5.41) is 0. The third kappa shape index (κ3) is 4.80. The predicted octanol–water partition coefficient (Wildman–Crippen LogP) is 2.62. The molecule has 1 aromatic rings. The highest BCUT2D eigenvalue weighted by atomic mass is 19.1. The Balaban J connectivity index is 2.89. The highest BCUT2D eigenvalue weighted by Crippen LogP contribution is 2.23. The minimum Gasteiger partial charge on any atom is -0.368 e. The van der Waals surface area contributed by atoms with E-state index in [1.54, 1.807) is 6.07 Å². The molecular weight excluding hydrogens is 241 g/mol. The molecule has 0 saturated carbocycles. The highest BCUT2D eigenvalue weighted by molar-refractivity contribution is 5.49. The lowest BCUT2D eigenvalue weighted by atomic mass is 10.1. The molecule has 0 spiro atoms. The molecule has 4 heteroatoms. The Hall–Kier alpha value is -1.13. The van der Waals surface area contributed by atoms with Crippen molar-refractivity contribution < 1.29 is 4.39 Å². The van der Waals surface area contributed by atoms with Gasteiger partial charge in [0.05, 0.1) is 5.69 Å². The number of anilines is 1. The Bertz CT molecular complexity index is 391. The lowest BCUT2D eigenvalue weighted by Crippen LogP contribution is -2.33. The van der Waals surface area contributed by atoms with Crippen molar-refractivity contribution in [2.24, 2.45) is 5.73 Å². The maximum absolute atomic E-state index is 14.2. The first-order chi connectivity index (χ1) is 8.95. The summed E-state index contributed by atoms with van der Waals surface area (Å²) in [5.74, 6) is -0.179. The molecule has 0 aromatic heterocycles. The molecule has 0 saturated heterocycles. The van der Waals surface area contributed by atoms with Crippen molar-refractivity contribution in [3.63, 3.8) is 0 Å². The van der Waals surface area contributed by atoms with Crippen LogP contribution in [0.1, 0.15) is 31.9 Å². The van der Waals surface area contributed by atoms with E-state index in [9.17, 15) is 4.39 Å². The molecule has 3 nitrogen and oxygen atoms in total. The van der Waals surface area contributed by atoms with Gasteiger partial charge in [-0.05, 0) is 45.1 Å². The van der Waals surface area contributed by atoms with Crippen molar-refractivity contribution in [2.45, 2.75) is 26.3 Å². The van der Waals surface area contributed by atoms with Crippen molar-refractivity contribution in [1.82, 2.24) is 4.90 Å². The van der Waals surface area contributed by atoms with Crippen LogP contribution in [0.2, 0.25) is 0 Å². The average Bonchev–Trinajstić information content (AvgIpc) is 2.34. The van der Waals surface area contributed by atoms with Crippen molar-refractivity contribution in [1.29, 1.82) is 0 Å². The van der Waals surface area contributed by atoms with E-state index in [-0.39, 0.29) is 11.9 Å². The van der Waals surface area contributed by atoms with Crippen molar-refractivity contribution in [2.75, 3.05) is 38.6 Å². The number of benzene rings is 1. The zero-order valence-corrected chi connectivity index (χ0v) is 12.5. The smallest absolute Gasteiger partial charge is 0.146 e. The number of nitrogens with zero attached hydrogens (tertiary/aromatic N) is 2. The fraction of sp³-hybridized carbons (Fsp3) is 0.600. The molecule has 1 atom stereocenters. The van der Waals surface area contributed by atoms with E-state index in [2.05, 4.69) is 16.7 Å². The molecule has 0 aliphatic heterocycles. The molecule has 0 amide bonds. The normalized spacial score (nSPS) is 12.8. The number of hydrogen-bond acceptors (Lipinski definition) is 3. The maximum Gasteiger partial charge on any atom is 0.146 e. The first kappa shape index (κ1) is 15.9. The van der Waals surface area contributed by atoms with Crippen LogP contribution in [0.3, 0.4) is 0 Å². The minimum atomic E-state index is -0.179. The number of hydrogen-bond donors (Lipinski definition) is 1. The molecule has 0 bridgehead atoms. The molecule has 1 rings (SSSR count). The van der Waals surface area contributed by atoms with Crippen LogP contribution in [-0.4, -0.2) is 38.6 Å². The maximum atomic E-state index is 14.2. The third-order valence-electron chi connectivity index (χ3n) is 3.15. The summed E-state index contributed by atoms with van der Waals surface area (Å²) < 4.78 is 14.2. The molecule has 2 N–H and O–H groups in total. The summed E-state index contributed by atoms with van der Waals surface area (Å²) in [5.41, 5.74) is 7.29. The Morgan fingerprint density at radius 1 is 1.21 bits per heavy atom. The van der Waals surface area contributed by atoms with E-state index in [0.717, 1.165) is 31.6 Å². The SMILES string of the molecule is CCCN(CCN(C)C)c1ccc(C(C)N)cc1F. The van der Waals surface area contributed by atoms with Crippen LogP contribution >= 0.6 is 0 Å². The van der Waals surface area contributed by atoms with Crippen molar-refractivity contribution in [3.05, 3.63) is 29.6 Å². The number of nitrogens with two attached hydrogens (primary N) is 1. The zero-order chi connectivity index (χ0) is 14.4. The Kier molecular flexibility index (Phi) is 6.25. The van der Waals surface area contributed by atoms with E-state index < -0.39 is 0 Å². The molecule has 108 valence electrons. The standard InChI is InChI=1S/C15H26FN3/c1-5-8-19(10-9-18(3)4)15-7-6-13(12(2)17)11-14(15)16/h6-7,11-12H,5,8-10,17H2,1-4H3. The number of likely N-dealkylation sites (N-methyl/N-ethyl adjacent to an activating group) is 1. The zero-order valence-electron chi connectivity index (χ0n) is 12.5. The Morgan fingerprint density at radius 2 is 1.89 bits per heavy atom. The summed E-state index contributed by atoms with van der Waals surface area (Å²) in [4.78, 5) is 4.21. The Morgan fingerprint density at radius 3 is 2.37 bits per heavy atom. The summed E-state index contributed by atoms with van der Waals surface area (Å²) >= 11 is 0. The van der Waals surface area contributed by atoms with Crippen LogP contribution in [-0.2, 0) is 0 Å². The molecule has 0 radical (unpaired) electrons. The van der Waals surface area contributed by atoms with Crippen LogP contribution in [0, 0.1) is 5.82 Å². The van der Waals surface area contributed by atoms with Gasteiger partial charge < -0.3 is 15.5 Å². The van der Waals surface area contributed by atoms with Crippen LogP contribution in [0.5, 0.6) is 0 Å². The first-order valence-electron chi connectivity index (χ1n) is 6.90. The molecule has 0 fully saturated rings. The van der Waals surface area contributed by atoms with E-state index in [1.807, 2.05) is 33.2 Å². The van der Waals surface area contributed by atoms with Gasteiger partial charge in [0.2, 0.25) is 0 Å². The van der Waals surface area contributed by atoms with Gasteiger partial charge in [0.15, 0.2) is 0 Å². The van der Waals surface area contributed by atoms with Crippen LogP contribution in [0.4, 0.5) is 10.1 Å². The molecule has 0 aliphatic rings. The van der Waals surface area contributed by atoms with Crippen LogP contribution in [0.25, 0.3) is 0 Å². The van der Waals surface area contributed by atoms with Gasteiger partial charge in [-0.3, -0.25) is 0 Å². The van der Waals surface area contributed by atoms with Gasteiger partial charge in [-0.25, -0.2) is 4.39 Å². The molecular formula is C15H26FN3. The summed E-state index contributed by atoms with van der Waals surface area (Å²) in [6, 6.07) is 5.18. The third-order valence-corrected chi connectivity index (χ3v) is 3.15. The van der Waals surface area contributed by atoms with Gasteiger partial charge in [-0.1, -0.05) is 13.0 Å². The summed E-state index contributed by atoms with van der Waals surface area (Å²) in [6.07, 6.45) is 1.00. The van der Waals surface area contributed by atoms with Gasteiger partial charge in [-0.15, -0.1) is 0 Å². The van der Waals surface area contributed by atoms with Gasteiger partial charge in [-0.2, -0.15) is 0 Å². The summed E-state index contributed by atoms with van der Waals surface area (Å²) in [7, 11) is 4.05. The Labute approximate surface area is 116 Å². The topological polar surface area (TPSA) is 32.5 Å². The van der Waals surface area contributed by atoms with Gasteiger partial charge in [0, 0.05) is 25.7 Å². The fourth-order valence-electron chi connectivity index (χ4n) is 2.01. The summed E-state index contributed by atoms with van der Waals surface area (Å²) in [6.45, 7) is 6.58. The molecule has 0 heterocycles. The molecule has 0 aliphatic carbocycles. The van der Waals surface area contributed by atoms with Gasteiger partial charge in [0.25, 0.3) is 0 Å². The molecule has 19 heavy (non-hydrogen) atoms. The fourth-order valence-corrected chi connectivity index (χ4v) is 2.01. The second kappa shape index (κ2) is 7.46. The quantitative estimate of drug-likeness (QED) is 0.824. The lowest BCUT2D eigenvalue weighted by Gasteiger charge is -2.26. The van der Waals surface area contributed by atoms with E-state index in [4.69, 9.17) is 5.73 Å². The molecule has 1 unspecified atom stereocenters. The number of rotatable bonds is 7. The largest absolute Gasteiger partial charge is 0.368 e. The lowest BCUT2D eigenvalue weighted by molar-refractivity contribution is 0.412. The van der Waals surface area contributed by atoms with E-state index in [0.29, 0.717) is 5.69 Å². The van der Waals surface area contributed by atoms with E-state index >= 15 is 0 Å². The van der Waals surface area contributed by atoms with Crippen LogP contribution < -0.4 is 10.6 Å². The van der Waals surface area contributed by atoms with Crippen molar-refractivity contribution >= 4 is 5.69 Å². The minimum absolute atomic E-state index is 0.134. The monoisotopic (exact) mass is 267 g/mol. The van der Waals surface area contributed by atoms with E-state index in [1.165, 1.54) is 0 Å². The first-order valence-corrected chi connectivity index (χ1v) is 6.90. The molecule has 1 aromatic carbocycles. The van der Waals surface area contributed by atoms with Crippen molar-refractivity contribution in [3.8, 4) is 0 Å². The highest BCUT2D eigenvalue weighted by Gasteiger charge is 2.12.